The topological polar surface area (TPSA) is 29.5 Å². The van der Waals surface area contributed by atoms with Crippen molar-refractivity contribution < 1.29 is 9.84 Å². The summed E-state index contributed by atoms with van der Waals surface area (Å²) in [6.45, 7) is 4.30. The summed E-state index contributed by atoms with van der Waals surface area (Å²) in [4.78, 5) is 0. The van der Waals surface area contributed by atoms with Crippen molar-refractivity contribution in [3.8, 4) is 5.75 Å². The molecule has 2 aliphatic rings. The van der Waals surface area contributed by atoms with Crippen LogP contribution in [0.2, 0.25) is 0 Å². The van der Waals surface area contributed by atoms with Gasteiger partial charge in [0.15, 0.2) is 0 Å². The van der Waals surface area contributed by atoms with Gasteiger partial charge in [-0.1, -0.05) is 18.6 Å². The van der Waals surface area contributed by atoms with Gasteiger partial charge in [0.2, 0.25) is 0 Å². The predicted octanol–water partition coefficient (Wildman–Crippen LogP) is 3.37. The van der Waals surface area contributed by atoms with Crippen molar-refractivity contribution in [1.82, 2.24) is 0 Å². The van der Waals surface area contributed by atoms with Crippen molar-refractivity contribution >= 4 is 0 Å². The second-order valence-electron chi connectivity index (χ2n) is 5.72. The Bertz CT molecular complexity index is 441. The van der Waals surface area contributed by atoms with Gasteiger partial charge in [-0.2, -0.15) is 0 Å². The van der Waals surface area contributed by atoms with Gasteiger partial charge in [0.25, 0.3) is 0 Å². The fraction of sp³-hybridized carbons (Fsp3) is 0.600. The molecule has 0 saturated heterocycles. The lowest BCUT2D eigenvalue weighted by Crippen LogP contribution is -2.43. The number of aliphatic hydroxyl groups excluding tert-OH is 1. The van der Waals surface area contributed by atoms with E-state index in [2.05, 4.69) is 19.9 Å². The summed E-state index contributed by atoms with van der Waals surface area (Å²) < 4.78 is 6.26. The molecule has 1 aromatic rings. The van der Waals surface area contributed by atoms with E-state index in [1.54, 1.807) is 0 Å². The Balaban J connectivity index is 2.01. The van der Waals surface area contributed by atoms with Crippen LogP contribution in [0.1, 0.15) is 49.8 Å². The van der Waals surface area contributed by atoms with Gasteiger partial charge < -0.3 is 9.84 Å². The summed E-state index contributed by atoms with van der Waals surface area (Å²) in [7, 11) is 0. The first-order chi connectivity index (χ1) is 8.11. The van der Waals surface area contributed by atoms with Gasteiger partial charge in [0, 0.05) is 12.0 Å². The van der Waals surface area contributed by atoms with Gasteiger partial charge in [-0.3, -0.25) is 0 Å². The monoisotopic (exact) mass is 232 g/mol. The van der Waals surface area contributed by atoms with Crippen LogP contribution in [0.15, 0.2) is 18.2 Å². The lowest BCUT2D eigenvalue weighted by molar-refractivity contribution is -0.0356. The van der Waals surface area contributed by atoms with E-state index in [-0.39, 0.29) is 11.7 Å². The Kier molecular flexibility index (Phi) is 2.44. The smallest absolute Gasteiger partial charge is 0.125 e. The number of ether oxygens (including phenoxy) is 1. The largest absolute Gasteiger partial charge is 0.487 e. The van der Waals surface area contributed by atoms with Gasteiger partial charge >= 0.3 is 0 Å². The molecule has 17 heavy (non-hydrogen) atoms. The van der Waals surface area contributed by atoms with Crippen LogP contribution < -0.4 is 4.74 Å². The fourth-order valence-electron chi connectivity index (χ4n) is 3.39. The van der Waals surface area contributed by atoms with E-state index in [4.69, 9.17) is 4.74 Å². The molecule has 0 amide bonds. The number of aryl methyl sites for hydroxylation is 1. The Hall–Kier alpha value is -1.02. The van der Waals surface area contributed by atoms with Gasteiger partial charge in [-0.05, 0) is 44.2 Å². The van der Waals surface area contributed by atoms with Crippen LogP contribution in [0.25, 0.3) is 0 Å². The maximum Gasteiger partial charge on any atom is 0.125 e. The van der Waals surface area contributed by atoms with E-state index in [1.165, 1.54) is 18.4 Å². The Morgan fingerprint density at radius 1 is 1.41 bits per heavy atom. The molecule has 1 N–H and O–H groups in total. The molecule has 1 saturated carbocycles. The number of rotatable bonds is 0. The Labute approximate surface area is 103 Å². The van der Waals surface area contributed by atoms with Gasteiger partial charge in [0.1, 0.15) is 11.4 Å². The van der Waals surface area contributed by atoms with E-state index < -0.39 is 0 Å². The van der Waals surface area contributed by atoms with E-state index in [1.807, 2.05) is 12.1 Å². The second-order valence-corrected chi connectivity index (χ2v) is 5.72. The van der Waals surface area contributed by atoms with Crippen molar-refractivity contribution in [2.45, 2.75) is 51.2 Å². The maximum absolute atomic E-state index is 10.3. The highest BCUT2D eigenvalue weighted by Crippen LogP contribution is 2.49. The number of aliphatic hydroxyl groups is 1. The van der Waals surface area contributed by atoms with Crippen LogP contribution in [-0.2, 0) is 0 Å². The van der Waals surface area contributed by atoms with Crippen molar-refractivity contribution in [1.29, 1.82) is 0 Å². The molecule has 1 aliphatic carbocycles. The standard InChI is InChI=1S/C15H20O2/c1-10-5-6-14-12(8-10)13(16)9-15(17-14)7-3-4-11(15)2/h5-6,8,11,13,16H,3-4,7,9H2,1-2H3/t11?,13-,15?/m0/s1. The highest BCUT2D eigenvalue weighted by atomic mass is 16.5. The van der Waals surface area contributed by atoms with E-state index >= 15 is 0 Å². The van der Waals surface area contributed by atoms with Crippen molar-refractivity contribution in [2.75, 3.05) is 0 Å². The zero-order chi connectivity index (χ0) is 12.0. The number of hydrogen-bond donors (Lipinski definition) is 1. The van der Waals surface area contributed by atoms with Crippen LogP contribution in [-0.4, -0.2) is 10.7 Å². The quantitative estimate of drug-likeness (QED) is 0.743. The predicted molar refractivity (Wildman–Crippen MR) is 67.1 cm³/mol. The zero-order valence-electron chi connectivity index (χ0n) is 10.6. The molecule has 0 aromatic heterocycles. The summed E-state index contributed by atoms with van der Waals surface area (Å²) >= 11 is 0. The molecule has 1 spiro atoms. The molecule has 1 aliphatic heterocycles. The van der Waals surface area contributed by atoms with Crippen LogP contribution >= 0.6 is 0 Å². The summed E-state index contributed by atoms with van der Waals surface area (Å²) in [6, 6.07) is 6.12. The third kappa shape index (κ3) is 1.66. The minimum absolute atomic E-state index is 0.109. The first-order valence-corrected chi connectivity index (χ1v) is 6.58. The molecule has 2 nitrogen and oxygen atoms in total. The molecular weight excluding hydrogens is 212 g/mol. The SMILES string of the molecule is Cc1ccc2c(c1)[C@@H](O)CC1(CCCC1C)O2. The zero-order valence-corrected chi connectivity index (χ0v) is 10.6. The molecule has 92 valence electrons. The minimum Gasteiger partial charge on any atom is -0.487 e. The summed E-state index contributed by atoms with van der Waals surface area (Å²) in [5.74, 6) is 1.44. The molecule has 2 unspecified atom stereocenters. The van der Waals surface area contributed by atoms with Crippen LogP contribution in [0, 0.1) is 12.8 Å². The van der Waals surface area contributed by atoms with E-state index in [9.17, 15) is 5.11 Å². The fourth-order valence-corrected chi connectivity index (χ4v) is 3.39. The van der Waals surface area contributed by atoms with Gasteiger partial charge in [0.05, 0.1) is 6.10 Å². The van der Waals surface area contributed by atoms with Crippen LogP contribution in [0.5, 0.6) is 5.75 Å². The molecule has 1 fully saturated rings. The van der Waals surface area contributed by atoms with Gasteiger partial charge in [-0.15, -0.1) is 0 Å². The minimum atomic E-state index is -0.362. The van der Waals surface area contributed by atoms with E-state index in [0.29, 0.717) is 5.92 Å². The molecule has 3 atom stereocenters. The normalized spacial score (nSPS) is 35.7. The van der Waals surface area contributed by atoms with Crippen LogP contribution in [0.4, 0.5) is 0 Å². The Morgan fingerprint density at radius 2 is 2.24 bits per heavy atom. The van der Waals surface area contributed by atoms with Gasteiger partial charge in [-0.25, -0.2) is 0 Å². The lowest BCUT2D eigenvalue weighted by Gasteiger charge is -2.41. The Morgan fingerprint density at radius 3 is 2.94 bits per heavy atom. The molecule has 0 bridgehead atoms. The first-order valence-electron chi connectivity index (χ1n) is 6.58. The molecular formula is C15H20O2. The number of fused-ring (bicyclic) bond motifs is 1. The number of hydrogen-bond acceptors (Lipinski definition) is 2. The lowest BCUT2D eigenvalue weighted by atomic mass is 9.82. The average Bonchev–Trinajstić information content (AvgIpc) is 2.62. The maximum atomic E-state index is 10.3. The number of benzene rings is 1. The first kappa shape index (κ1) is 11.1. The molecule has 1 heterocycles. The second kappa shape index (κ2) is 3.74. The third-order valence-electron chi connectivity index (χ3n) is 4.51. The molecule has 1 aromatic carbocycles. The van der Waals surface area contributed by atoms with Crippen LogP contribution in [0.3, 0.4) is 0 Å². The summed E-state index contributed by atoms with van der Waals surface area (Å²) in [5, 5.41) is 10.3. The summed E-state index contributed by atoms with van der Waals surface area (Å²) in [6.07, 6.45) is 3.91. The summed E-state index contributed by atoms with van der Waals surface area (Å²) in [5.41, 5.74) is 2.04. The molecule has 3 rings (SSSR count). The third-order valence-corrected chi connectivity index (χ3v) is 4.51. The molecule has 2 heteroatoms. The average molecular weight is 232 g/mol. The highest BCUT2D eigenvalue weighted by molar-refractivity contribution is 5.41. The van der Waals surface area contributed by atoms with Crippen molar-refractivity contribution in [3.05, 3.63) is 29.3 Å². The van der Waals surface area contributed by atoms with Crippen molar-refractivity contribution in [2.24, 2.45) is 5.92 Å². The molecule has 0 radical (unpaired) electrons. The van der Waals surface area contributed by atoms with Crippen molar-refractivity contribution in [3.63, 3.8) is 0 Å². The highest BCUT2D eigenvalue weighted by Gasteiger charge is 2.47. The van der Waals surface area contributed by atoms with E-state index in [0.717, 1.165) is 24.2 Å².